The molecular weight excluding hydrogens is 336 g/mol. The number of carbonyl (C=O) groups is 2. The molecule has 0 saturated heterocycles. The molecule has 0 saturated carbocycles. The van der Waals surface area contributed by atoms with Crippen LogP contribution in [0.4, 0.5) is 5.69 Å². The fraction of sp³-hybridized carbons (Fsp3) is 0.222. The predicted octanol–water partition coefficient (Wildman–Crippen LogP) is 2.61. The van der Waals surface area contributed by atoms with E-state index in [4.69, 9.17) is 19.6 Å². The van der Waals surface area contributed by atoms with Gasteiger partial charge in [-0.15, -0.1) is 0 Å². The standard InChI is InChI=1S/C17H18N4O2.CH2O2/c1-10-7-14(16-5-6-18-21(16)3)20-13-9-15(19-11(2)22)17(23-4)8-12(10)13;2-1-3/h5-9H,1-4H3,(H,19,22);1H,(H,2,3). The number of carboxylic acid groups (broad SMARTS) is 1. The quantitative estimate of drug-likeness (QED) is 0.699. The van der Waals surface area contributed by atoms with Crippen LogP contribution in [0.15, 0.2) is 30.5 Å². The molecule has 136 valence electrons. The fourth-order valence-corrected chi connectivity index (χ4v) is 2.63. The third-order valence-electron chi connectivity index (χ3n) is 3.73. The fourth-order valence-electron chi connectivity index (χ4n) is 2.63. The molecule has 2 heterocycles. The maximum atomic E-state index is 11.4. The van der Waals surface area contributed by atoms with Gasteiger partial charge in [0.2, 0.25) is 5.91 Å². The van der Waals surface area contributed by atoms with Crippen molar-refractivity contribution in [3.63, 3.8) is 0 Å². The van der Waals surface area contributed by atoms with Crippen molar-refractivity contribution in [2.24, 2.45) is 7.05 Å². The first-order chi connectivity index (χ1) is 12.4. The van der Waals surface area contributed by atoms with Crippen LogP contribution in [0.2, 0.25) is 0 Å². The number of ether oxygens (including phenoxy) is 1. The summed E-state index contributed by atoms with van der Waals surface area (Å²) in [5.41, 5.74) is 4.27. The van der Waals surface area contributed by atoms with E-state index in [1.165, 1.54) is 6.92 Å². The Morgan fingerprint density at radius 1 is 1.35 bits per heavy atom. The largest absolute Gasteiger partial charge is 0.495 e. The molecule has 0 aliphatic heterocycles. The maximum Gasteiger partial charge on any atom is 0.290 e. The number of pyridine rings is 1. The lowest BCUT2D eigenvalue weighted by atomic mass is 10.1. The minimum Gasteiger partial charge on any atom is -0.495 e. The normalized spacial score (nSPS) is 10.0. The van der Waals surface area contributed by atoms with Crippen molar-refractivity contribution in [2.45, 2.75) is 13.8 Å². The number of aryl methyl sites for hydroxylation is 2. The monoisotopic (exact) mass is 356 g/mol. The molecule has 26 heavy (non-hydrogen) atoms. The molecule has 1 amide bonds. The van der Waals surface area contributed by atoms with Gasteiger partial charge < -0.3 is 15.2 Å². The van der Waals surface area contributed by atoms with E-state index in [0.717, 1.165) is 27.9 Å². The Morgan fingerprint density at radius 3 is 2.58 bits per heavy atom. The lowest BCUT2D eigenvalue weighted by molar-refractivity contribution is -0.123. The van der Waals surface area contributed by atoms with Gasteiger partial charge in [0.05, 0.1) is 29.7 Å². The summed E-state index contributed by atoms with van der Waals surface area (Å²) in [4.78, 5) is 24.5. The number of hydrogen-bond acceptors (Lipinski definition) is 5. The van der Waals surface area contributed by atoms with Gasteiger partial charge in [-0.3, -0.25) is 14.3 Å². The highest BCUT2D eigenvalue weighted by atomic mass is 16.5. The molecule has 0 aliphatic rings. The number of nitrogens with one attached hydrogen (secondary N) is 1. The number of hydrogen-bond donors (Lipinski definition) is 2. The lowest BCUT2D eigenvalue weighted by Gasteiger charge is -2.13. The van der Waals surface area contributed by atoms with E-state index in [-0.39, 0.29) is 12.4 Å². The van der Waals surface area contributed by atoms with Crippen molar-refractivity contribution in [3.8, 4) is 17.1 Å². The Labute approximate surface area is 150 Å². The van der Waals surface area contributed by atoms with Gasteiger partial charge in [-0.05, 0) is 36.8 Å². The summed E-state index contributed by atoms with van der Waals surface area (Å²) < 4.78 is 7.16. The second-order valence-electron chi connectivity index (χ2n) is 5.52. The molecule has 3 aromatic rings. The zero-order valence-corrected chi connectivity index (χ0v) is 15.0. The predicted molar refractivity (Wildman–Crippen MR) is 98.2 cm³/mol. The minimum absolute atomic E-state index is 0.151. The first-order valence-electron chi connectivity index (χ1n) is 7.74. The zero-order chi connectivity index (χ0) is 19.3. The number of carbonyl (C=O) groups excluding carboxylic acids is 1. The number of aromatic nitrogens is 3. The van der Waals surface area contributed by atoms with Gasteiger partial charge in [0.25, 0.3) is 6.47 Å². The molecule has 0 atom stereocenters. The summed E-state index contributed by atoms with van der Waals surface area (Å²) in [7, 11) is 3.46. The number of nitrogens with zero attached hydrogens (tertiary/aromatic N) is 3. The van der Waals surface area contributed by atoms with E-state index in [1.54, 1.807) is 18.0 Å². The number of methoxy groups -OCH3 is 1. The van der Waals surface area contributed by atoms with Crippen LogP contribution >= 0.6 is 0 Å². The second-order valence-corrected chi connectivity index (χ2v) is 5.52. The number of anilines is 1. The Balaban J connectivity index is 0.000000758. The Kier molecular flexibility index (Phi) is 5.90. The van der Waals surface area contributed by atoms with Gasteiger partial charge in [-0.25, -0.2) is 4.98 Å². The molecule has 0 aliphatic carbocycles. The first-order valence-corrected chi connectivity index (χ1v) is 7.74. The van der Waals surface area contributed by atoms with Crippen molar-refractivity contribution in [1.29, 1.82) is 0 Å². The summed E-state index contributed by atoms with van der Waals surface area (Å²) in [6.45, 7) is 3.25. The Morgan fingerprint density at radius 2 is 2.04 bits per heavy atom. The average molecular weight is 356 g/mol. The topological polar surface area (TPSA) is 106 Å². The highest BCUT2D eigenvalue weighted by Gasteiger charge is 2.12. The summed E-state index contributed by atoms with van der Waals surface area (Å²) in [5, 5.41) is 14.8. The number of benzene rings is 1. The molecule has 2 aromatic heterocycles. The van der Waals surface area contributed by atoms with Gasteiger partial charge in [0.15, 0.2) is 0 Å². The molecular formula is C18H20N4O4. The molecule has 0 spiro atoms. The van der Waals surface area contributed by atoms with Gasteiger partial charge in [0, 0.05) is 25.6 Å². The highest BCUT2D eigenvalue weighted by molar-refractivity contribution is 5.96. The van der Waals surface area contributed by atoms with E-state index >= 15 is 0 Å². The first kappa shape index (κ1) is 18.9. The Bertz CT molecular complexity index is 950. The number of amides is 1. The lowest BCUT2D eigenvalue weighted by Crippen LogP contribution is -2.07. The molecule has 0 fully saturated rings. The van der Waals surface area contributed by atoms with Crippen LogP contribution in [0, 0.1) is 6.92 Å². The third kappa shape index (κ3) is 3.97. The molecule has 0 unspecified atom stereocenters. The molecule has 8 heteroatoms. The smallest absolute Gasteiger partial charge is 0.290 e. The van der Waals surface area contributed by atoms with Gasteiger partial charge in [-0.1, -0.05) is 0 Å². The van der Waals surface area contributed by atoms with E-state index in [9.17, 15) is 4.79 Å². The van der Waals surface area contributed by atoms with Crippen LogP contribution in [0.3, 0.4) is 0 Å². The summed E-state index contributed by atoms with van der Waals surface area (Å²) in [5.74, 6) is 0.466. The van der Waals surface area contributed by atoms with Crippen LogP contribution in [-0.2, 0) is 16.6 Å². The van der Waals surface area contributed by atoms with Gasteiger partial charge >= 0.3 is 0 Å². The van der Waals surface area contributed by atoms with Crippen molar-refractivity contribution in [2.75, 3.05) is 12.4 Å². The van der Waals surface area contributed by atoms with Crippen molar-refractivity contribution >= 4 is 29.0 Å². The van der Waals surface area contributed by atoms with Crippen molar-refractivity contribution in [3.05, 3.63) is 36.0 Å². The number of fused-ring (bicyclic) bond motifs is 1. The molecule has 0 bridgehead atoms. The minimum atomic E-state index is -0.250. The molecule has 0 radical (unpaired) electrons. The SMILES string of the molecule is COc1cc2c(C)cc(-c3ccnn3C)nc2cc1NC(C)=O.O=CO. The van der Waals surface area contributed by atoms with E-state index in [2.05, 4.69) is 10.4 Å². The summed E-state index contributed by atoms with van der Waals surface area (Å²) in [6.07, 6.45) is 1.74. The summed E-state index contributed by atoms with van der Waals surface area (Å²) in [6, 6.07) is 7.68. The average Bonchev–Trinajstić information content (AvgIpc) is 3.00. The maximum absolute atomic E-state index is 11.4. The van der Waals surface area contributed by atoms with Crippen LogP contribution in [0.5, 0.6) is 5.75 Å². The molecule has 3 rings (SSSR count). The van der Waals surface area contributed by atoms with E-state index in [1.807, 2.05) is 38.2 Å². The summed E-state index contributed by atoms with van der Waals surface area (Å²) >= 11 is 0. The number of rotatable bonds is 3. The highest BCUT2D eigenvalue weighted by Crippen LogP contribution is 2.33. The van der Waals surface area contributed by atoms with Crippen molar-refractivity contribution < 1.29 is 19.4 Å². The van der Waals surface area contributed by atoms with Crippen LogP contribution in [-0.4, -0.2) is 39.4 Å². The molecule has 2 N–H and O–H groups in total. The molecule has 8 nitrogen and oxygen atoms in total. The second kappa shape index (κ2) is 8.11. The Hall–Kier alpha value is -3.42. The van der Waals surface area contributed by atoms with E-state index < -0.39 is 0 Å². The third-order valence-corrected chi connectivity index (χ3v) is 3.73. The van der Waals surface area contributed by atoms with Gasteiger partial charge in [-0.2, -0.15) is 5.10 Å². The van der Waals surface area contributed by atoms with Crippen LogP contribution in [0.1, 0.15) is 12.5 Å². The van der Waals surface area contributed by atoms with Crippen LogP contribution in [0.25, 0.3) is 22.3 Å². The van der Waals surface area contributed by atoms with Crippen molar-refractivity contribution in [1.82, 2.24) is 14.8 Å². The van der Waals surface area contributed by atoms with E-state index in [0.29, 0.717) is 11.4 Å². The van der Waals surface area contributed by atoms with Crippen LogP contribution < -0.4 is 10.1 Å². The van der Waals surface area contributed by atoms with Gasteiger partial charge in [0.1, 0.15) is 5.75 Å². The molecule has 1 aromatic carbocycles. The zero-order valence-electron chi connectivity index (χ0n) is 15.0.